The lowest BCUT2D eigenvalue weighted by Crippen LogP contribution is -2.22. The van der Waals surface area contributed by atoms with Crippen LogP contribution in [0.1, 0.15) is 28.9 Å². The first kappa shape index (κ1) is 19.6. The van der Waals surface area contributed by atoms with Gasteiger partial charge >= 0.3 is 5.97 Å². The summed E-state index contributed by atoms with van der Waals surface area (Å²) in [5.74, 6) is -1.29. The number of fused-ring (bicyclic) bond motifs is 1. The predicted molar refractivity (Wildman–Crippen MR) is 117 cm³/mol. The van der Waals surface area contributed by atoms with Crippen molar-refractivity contribution in [1.29, 1.82) is 0 Å². The quantitative estimate of drug-likeness (QED) is 0.451. The van der Waals surface area contributed by atoms with Crippen molar-refractivity contribution in [2.45, 2.75) is 13.0 Å². The molecule has 0 saturated carbocycles. The zero-order chi connectivity index (χ0) is 21.3. The molecule has 1 atom stereocenters. The van der Waals surface area contributed by atoms with Crippen molar-refractivity contribution in [1.82, 2.24) is 4.98 Å². The number of halogens is 1. The highest BCUT2D eigenvalue weighted by atomic mass is 19.1. The van der Waals surface area contributed by atoms with E-state index in [4.69, 9.17) is 4.98 Å². The molecule has 4 rings (SSSR count). The maximum absolute atomic E-state index is 13.5. The van der Waals surface area contributed by atoms with Crippen LogP contribution in [0.3, 0.4) is 0 Å². The Balaban J connectivity index is 1.90. The van der Waals surface area contributed by atoms with Gasteiger partial charge in [0.2, 0.25) is 0 Å². The van der Waals surface area contributed by atoms with Gasteiger partial charge in [-0.15, -0.1) is 0 Å². The molecule has 0 spiro atoms. The van der Waals surface area contributed by atoms with Gasteiger partial charge in [0.1, 0.15) is 5.82 Å². The predicted octanol–water partition coefficient (Wildman–Crippen LogP) is 5.94. The third-order valence-corrected chi connectivity index (χ3v) is 5.40. The Labute approximate surface area is 174 Å². The molecular weight excluding hydrogens is 379 g/mol. The van der Waals surface area contributed by atoms with Gasteiger partial charge in [0.15, 0.2) is 0 Å². The Kier molecular flexibility index (Phi) is 5.19. The smallest absolute Gasteiger partial charge is 0.335 e. The van der Waals surface area contributed by atoms with E-state index in [2.05, 4.69) is 24.0 Å². The normalized spacial score (nSPS) is 12.0. The number of anilines is 1. The summed E-state index contributed by atoms with van der Waals surface area (Å²) in [6.07, 6.45) is 0. The van der Waals surface area contributed by atoms with Crippen molar-refractivity contribution in [2.75, 3.05) is 11.9 Å². The van der Waals surface area contributed by atoms with E-state index in [0.29, 0.717) is 5.52 Å². The van der Waals surface area contributed by atoms with E-state index in [9.17, 15) is 14.3 Å². The topological polar surface area (TPSA) is 53.4 Å². The Morgan fingerprint density at radius 1 is 1.00 bits per heavy atom. The third-order valence-electron chi connectivity index (χ3n) is 5.40. The molecule has 0 radical (unpaired) electrons. The first-order valence-corrected chi connectivity index (χ1v) is 9.66. The summed E-state index contributed by atoms with van der Waals surface area (Å²) >= 11 is 0. The van der Waals surface area contributed by atoms with Crippen molar-refractivity contribution in [3.05, 3.63) is 95.8 Å². The molecule has 3 aromatic carbocycles. The molecule has 0 fully saturated rings. The van der Waals surface area contributed by atoms with Crippen LogP contribution in [-0.2, 0) is 0 Å². The number of nitrogens with zero attached hydrogens (tertiary/aromatic N) is 2. The van der Waals surface area contributed by atoms with Gasteiger partial charge in [0, 0.05) is 18.0 Å². The molecule has 1 aromatic heterocycles. The molecular formula is C25H21FN2O2. The first-order chi connectivity index (χ1) is 14.4. The Morgan fingerprint density at radius 3 is 2.37 bits per heavy atom. The minimum absolute atomic E-state index is 0.0484. The van der Waals surface area contributed by atoms with Crippen LogP contribution in [0.5, 0.6) is 0 Å². The van der Waals surface area contributed by atoms with Gasteiger partial charge in [-0.3, -0.25) is 0 Å². The van der Waals surface area contributed by atoms with Crippen LogP contribution in [0.2, 0.25) is 0 Å². The number of hydrogen-bond donors (Lipinski definition) is 1. The number of hydrogen-bond acceptors (Lipinski definition) is 3. The van der Waals surface area contributed by atoms with E-state index in [0.717, 1.165) is 27.9 Å². The van der Waals surface area contributed by atoms with Crippen LogP contribution in [0.25, 0.3) is 22.2 Å². The van der Waals surface area contributed by atoms with Gasteiger partial charge in [-0.2, -0.15) is 0 Å². The Morgan fingerprint density at radius 2 is 1.70 bits per heavy atom. The lowest BCUT2D eigenvalue weighted by atomic mass is 10.0. The zero-order valence-corrected chi connectivity index (χ0v) is 16.7. The number of aromatic nitrogens is 1. The van der Waals surface area contributed by atoms with E-state index in [-0.39, 0.29) is 17.4 Å². The van der Waals surface area contributed by atoms with Gasteiger partial charge in [-0.25, -0.2) is 14.2 Å². The van der Waals surface area contributed by atoms with Gasteiger partial charge in [0.05, 0.1) is 28.5 Å². The van der Waals surface area contributed by atoms with E-state index in [1.54, 1.807) is 30.3 Å². The number of carbonyl (C=O) groups is 1. The fourth-order valence-corrected chi connectivity index (χ4v) is 3.55. The summed E-state index contributed by atoms with van der Waals surface area (Å²) in [5.41, 5.74) is 4.39. The molecule has 1 heterocycles. The van der Waals surface area contributed by atoms with Crippen molar-refractivity contribution >= 4 is 22.6 Å². The summed E-state index contributed by atoms with van der Waals surface area (Å²) in [6.45, 7) is 2.10. The molecule has 0 bridgehead atoms. The highest BCUT2D eigenvalue weighted by molar-refractivity contribution is 5.96. The summed E-state index contributed by atoms with van der Waals surface area (Å²) < 4.78 is 13.5. The molecule has 0 aliphatic carbocycles. The van der Waals surface area contributed by atoms with E-state index in [1.807, 2.05) is 31.3 Å². The van der Waals surface area contributed by atoms with E-state index < -0.39 is 5.97 Å². The van der Waals surface area contributed by atoms with Crippen molar-refractivity contribution in [3.63, 3.8) is 0 Å². The fraction of sp³-hybridized carbons (Fsp3) is 0.120. The second kappa shape index (κ2) is 7.95. The average Bonchev–Trinajstić information content (AvgIpc) is 2.78. The van der Waals surface area contributed by atoms with Crippen molar-refractivity contribution < 1.29 is 14.3 Å². The molecule has 4 aromatic rings. The van der Waals surface area contributed by atoms with Crippen LogP contribution in [0.15, 0.2) is 78.9 Å². The maximum atomic E-state index is 13.5. The molecule has 0 unspecified atom stereocenters. The van der Waals surface area contributed by atoms with Gasteiger partial charge in [-0.1, -0.05) is 30.3 Å². The van der Waals surface area contributed by atoms with Crippen LogP contribution in [0.4, 0.5) is 10.1 Å². The molecule has 150 valence electrons. The average molecular weight is 400 g/mol. The van der Waals surface area contributed by atoms with E-state index >= 15 is 0 Å². The highest BCUT2D eigenvalue weighted by Crippen LogP contribution is 2.36. The van der Waals surface area contributed by atoms with Gasteiger partial charge in [-0.05, 0) is 61.0 Å². The van der Waals surface area contributed by atoms with Crippen molar-refractivity contribution in [3.8, 4) is 11.3 Å². The SMILES string of the molecule is C[C@@H](c1ccccc1)N(C)c1cc2cc(C(=O)O)ccc2nc1-c1ccc(F)cc1. The summed E-state index contributed by atoms with van der Waals surface area (Å²) in [6, 6.07) is 23.2. The summed E-state index contributed by atoms with van der Waals surface area (Å²) in [5, 5.41) is 10.1. The van der Waals surface area contributed by atoms with Crippen LogP contribution in [-0.4, -0.2) is 23.1 Å². The molecule has 0 saturated heterocycles. The molecule has 30 heavy (non-hydrogen) atoms. The Bertz CT molecular complexity index is 1210. The first-order valence-electron chi connectivity index (χ1n) is 9.66. The second-order valence-electron chi connectivity index (χ2n) is 7.27. The fourth-order valence-electron chi connectivity index (χ4n) is 3.55. The van der Waals surface area contributed by atoms with Gasteiger partial charge < -0.3 is 10.0 Å². The van der Waals surface area contributed by atoms with Crippen LogP contribution < -0.4 is 4.90 Å². The molecule has 0 amide bonds. The van der Waals surface area contributed by atoms with Crippen molar-refractivity contribution in [2.24, 2.45) is 0 Å². The number of aromatic carboxylic acids is 1. The number of benzene rings is 3. The van der Waals surface area contributed by atoms with Gasteiger partial charge in [0.25, 0.3) is 0 Å². The molecule has 5 heteroatoms. The minimum atomic E-state index is -0.980. The Hall–Kier alpha value is -3.73. The second-order valence-corrected chi connectivity index (χ2v) is 7.27. The van der Waals surface area contributed by atoms with E-state index in [1.165, 1.54) is 12.1 Å². The number of rotatable bonds is 5. The standard InChI is InChI=1S/C25H21FN2O2/c1-16(17-6-4-3-5-7-17)28(2)23-15-20-14-19(25(29)30)10-13-22(20)27-24(23)18-8-11-21(26)12-9-18/h3-16H,1-2H3,(H,29,30)/t16-/m0/s1. The molecule has 0 aliphatic heterocycles. The number of pyridine rings is 1. The molecule has 1 N–H and O–H groups in total. The lowest BCUT2D eigenvalue weighted by molar-refractivity contribution is 0.0697. The highest BCUT2D eigenvalue weighted by Gasteiger charge is 2.19. The molecule has 0 aliphatic rings. The lowest BCUT2D eigenvalue weighted by Gasteiger charge is -2.29. The summed E-state index contributed by atoms with van der Waals surface area (Å²) in [4.78, 5) is 18.3. The number of carboxylic acid groups (broad SMARTS) is 1. The monoisotopic (exact) mass is 400 g/mol. The minimum Gasteiger partial charge on any atom is -0.478 e. The maximum Gasteiger partial charge on any atom is 0.335 e. The largest absolute Gasteiger partial charge is 0.478 e. The summed E-state index contributed by atoms with van der Waals surface area (Å²) in [7, 11) is 1.98. The molecule has 4 nitrogen and oxygen atoms in total. The van der Waals surface area contributed by atoms with Crippen LogP contribution in [0, 0.1) is 5.82 Å². The zero-order valence-electron chi connectivity index (χ0n) is 16.7. The number of carboxylic acids is 1. The van der Waals surface area contributed by atoms with Crippen LogP contribution >= 0.6 is 0 Å². The third kappa shape index (κ3) is 3.74.